The monoisotopic (exact) mass is 363 g/mol. The van der Waals surface area contributed by atoms with Crippen molar-refractivity contribution in [1.82, 2.24) is 4.90 Å². The molecule has 26 heavy (non-hydrogen) atoms. The Balaban J connectivity index is 1.76. The third-order valence-electron chi connectivity index (χ3n) is 5.41. The fourth-order valence-electron chi connectivity index (χ4n) is 4.24. The van der Waals surface area contributed by atoms with E-state index in [-0.39, 0.29) is 36.4 Å². The fourth-order valence-corrected chi connectivity index (χ4v) is 4.24. The maximum Gasteiger partial charge on any atom is 0.256 e. The van der Waals surface area contributed by atoms with Crippen LogP contribution in [0.3, 0.4) is 0 Å². The summed E-state index contributed by atoms with van der Waals surface area (Å²) in [4.78, 5) is 14.5. The van der Waals surface area contributed by atoms with Crippen molar-refractivity contribution >= 4 is 5.91 Å². The van der Waals surface area contributed by atoms with Crippen LogP contribution in [0.1, 0.15) is 56.3 Å². The zero-order valence-electron chi connectivity index (χ0n) is 15.9. The zero-order valence-corrected chi connectivity index (χ0v) is 15.9. The van der Waals surface area contributed by atoms with Gasteiger partial charge in [-0.2, -0.15) is 0 Å². The highest BCUT2D eigenvalue weighted by Gasteiger charge is 2.50. The number of rotatable bonds is 7. The zero-order chi connectivity index (χ0) is 18.8. The molecule has 1 N–H and O–H groups in total. The molecule has 0 aromatic heterocycles. The Bertz CT molecular complexity index is 630. The average Bonchev–Trinajstić information content (AvgIpc) is 3.03. The average molecular weight is 363 g/mol. The van der Waals surface area contributed by atoms with E-state index in [1.165, 1.54) is 0 Å². The molecule has 6 nitrogen and oxygen atoms in total. The van der Waals surface area contributed by atoms with E-state index in [2.05, 4.69) is 6.92 Å². The first kappa shape index (κ1) is 19.3. The molecule has 2 aliphatic rings. The van der Waals surface area contributed by atoms with Gasteiger partial charge in [-0.3, -0.25) is 4.79 Å². The van der Waals surface area contributed by atoms with Crippen LogP contribution < -0.4 is 0 Å². The van der Waals surface area contributed by atoms with E-state index in [0.717, 1.165) is 0 Å². The summed E-state index contributed by atoms with van der Waals surface area (Å²) in [6.45, 7) is 9.05. The molecule has 1 saturated heterocycles. The molecule has 4 unspecified atom stereocenters. The van der Waals surface area contributed by atoms with Crippen LogP contribution in [0.15, 0.2) is 24.3 Å². The van der Waals surface area contributed by atoms with Gasteiger partial charge < -0.3 is 24.2 Å². The number of nitrogens with zero attached hydrogens (tertiary/aromatic N) is 1. The summed E-state index contributed by atoms with van der Waals surface area (Å²) in [6, 6.07) is 7.04. The highest BCUT2D eigenvalue weighted by Crippen LogP contribution is 2.41. The van der Waals surface area contributed by atoms with Gasteiger partial charge in [-0.05, 0) is 26.8 Å². The number of fused-ring (bicyclic) bond motifs is 1. The van der Waals surface area contributed by atoms with Gasteiger partial charge >= 0.3 is 0 Å². The maximum absolute atomic E-state index is 12.9. The van der Waals surface area contributed by atoms with Crippen LogP contribution in [-0.4, -0.2) is 53.7 Å². The molecule has 6 heteroatoms. The Morgan fingerprint density at radius 2 is 1.85 bits per heavy atom. The third-order valence-corrected chi connectivity index (χ3v) is 5.41. The molecule has 0 radical (unpaired) electrons. The van der Waals surface area contributed by atoms with Crippen molar-refractivity contribution in [2.45, 2.75) is 64.9 Å². The molecule has 0 spiro atoms. The van der Waals surface area contributed by atoms with Crippen molar-refractivity contribution in [3.8, 4) is 0 Å². The van der Waals surface area contributed by atoms with Gasteiger partial charge in [0.15, 0.2) is 12.5 Å². The second kappa shape index (κ2) is 8.05. The largest absolute Gasteiger partial charge is 0.373 e. The summed E-state index contributed by atoms with van der Waals surface area (Å²) < 4.78 is 17.5. The number of aliphatic hydroxyl groups is 1. The van der Waals surface area contributed by atoms with Gasteiger partial charge in [0.1, 0.15) is 0 Å². The molecule has 1 fully saturated rings. The van der Waals surface area contributed by atoms with E-state index in [9.17, 15) is 9.90 Å². The SMILES string of the molecule is CCOC(CC1OC(C)C(N2C(=O)c3ccccc3C2O)[C@H]1C)OCC. The predicted octanol–water partition coefficient (Wildman–Crippen LogP) is 2.71. The number of hydrogen-bond donors (Lipinski definition) is 1. The Morgan fingerprint density at radius 3 is 2.46 bits per heavy atom. The first-order valence-corrected chi connectivity index (χ1v) is 9.47. The molecule has 0 saturated carbocycles. The van der Waals surface area contributed by atoms with Crippen molar-refractivity contribution in [2.75, 3.05) is 13.2 Å². The molecule has 1 amide bonds. The van der Waals surface area contributed by atoms with Gasteiger partial charge in [0.25, 0.3) is 5.91 Å². The molecule has 1 aromatic carbocycles. The molecule has 144 valence electrons. The number of hydrogen-bond acceptors (Lipinski definition) is 5. The topological polar surface area (TPSA) is 68.2 Å². The predicted molar refractivity (Wildman–Crippen MR) is 96.5 cm³/mol. The summed E-state index contributed by atoms with van der Waals surface area (Å²) in [5.41, 5.74) is 1.24. The fraction of sp³-hybridized carbons (Fsp3) is 0.650. The number of benzene rings is 1. The number of carbonyl (C=O) groups is 1. The molecule has 2 aliphatic heterocycles. The lowest BCUT2D eigenvalue weighted by atomic mass is 9.92. The van der Waals surface area contributed by atoms with E-state index in [0.29, 0.717) is 30.8 Å². The third kappa shape index (κ3) is 3.39. The van der Waals surface area contributed by atoms with Crippen LogP contribution in [0.4, 0.5) is 0 Å². The van der Waals surface area contributed by atoms with Gasteiger partial charge in [-0.25, -0.2) is 0 Å². The minimum atomic E-state index is -0.925. The molecule has 3 rings (SSSR count). The van der Waals surface area contributed by atoms with Crippen LogP contribution in [0.5, 0.6) is 0 Å². The van der Waals surface area contributed by atoms with E-state index in [4.69, 9.17) is 14.2 Å². The summed E-state index contributed by atoms with van der Waals surface area (Å²) in [5.74, 6) is -0.0754. The second-order valence-electron chi connectivity index (χ2n) is 6.98. The van der Waals surface area contributed by atoms with Crippen molar-refractivity contribution in [3.05, 3.63) is 35.4 Å². The lowest BCUT2D eigenvalue weighted by molar-refractivity contribution is -0.158. The quantitative estimate of drug-likeness (QED) is 0.755. The van der Waals surface area contributed by atoms with E-state index in [1.807, 2.05) is 32.9 Å². The van der Waals surface area contributed by atoms with Gasteiger partial charge in [0.2, 0.25) is 0 Å². The summed E-state index contributed by atoms with van der Waals surface area (Å²) in [7, 11) is 0. The van der Waals surface area contributed by atoms with Gasteiger partial charge in [-0.15, -0.1) is 0 Å². The number of amides is 1. The van der Waals surface area contributed by atoms with Crippen LogP contribution in [-0.2, 0) is 14.2 Å². The lowest BCUT2D eigenvalue weighted by Gasteiger charge is -2.33. The van der Waals surface area contributed by atoms with E-state index < -0.39 is 6.23 Å². The van der Waals surface area contributed by atoms with E-state index in [1.54, 1.807) is 17.0 Å². The smallest absolute Gasteiger partial charge is 0.256 e. The number of aliphatic hydroxyl groups excluding tert-OH is 1. The minimum Gasteiger partial charge on any atom is -0.373 e. The van der Waals surface area contributed by atoms with Crippen LogP contribution >= 0.6 is 0 Å². The van der Waals surface area contributed by atoms with Crippen molar-refractivity contribution in [2.24, 2.45) is 5.92 Å². The van der Waals surface area contributed by atoms with Crippen LogP contribution in [0.25, 0.3) is 0 Å². The van der Waals surface area contributed by atoms with E-state index >= 15 is 0 Å². The Morgan fingerprint density at radius 1 is 1.19 bits per heavy atom. The molecular weight excluding hydrogens is 334 g/mol. The first-order chi connectivity index (χ1) is 12.5. The van der Waals surface area contributed by atoms with Gasteiger partial charge in [0.05, 0.1) is 18.2 Å². The molecule has 2 heterocycles. The molecule has 1 aromatic rings. The van der Waals surface area contributed by atoms with Crippen molar-refractivity contribution in [3.63, 3.8) is 0 Å². The van der Waals surface area contributed by atoms with Gasteiger partial charge in [-0.1, -0.05) is 25.1 Å². The summed E-state index contributed by atoms with van der Waals surface area (Å²) >= 11 is 0. The lowest BCUT2D eigenvalue weighted by Crippen LogP contribution is -2.46. The standard InChI is InChI=1S/C20H29NO5/c1-5-24-17(25-6-2)11-16-12(3)18(13(4)26-16)21-19(22)14-9-7-8-10-15(14)20(21)23/h7-10,12-13,16-19,22H,5-6,11H2,1-4H3/t12-,13?,16?,18?,19?/m0/s1. The Labute approximate surface area is 155 Å². The molecule has 0 bridgehead atoms. The minimum absolute atomic E-state index is 0.0568. The highest BCUT2D eigenvalue weighted by molar-refractivity contribution is 5.99. The van der Waals surface area contributed by atoms with Crippen molar-refractivity contribution < 1.29 is 24.1 Å². The second-order valence-corrected chi connectivity index (χ2v) is 6.98. The van der Waals surface area contributed by atoms with Gasteiger partial charge in [0, 0.05) is 36.7 Å². The van der Waals surface area contributed by atoms with Crippen LogP contribution in [0.2, 0.25) is 0 Å². The molecule has 5 atom stereocenters. The molecule has 0 aliphatic carbocycles. The Hall–Kier alpha value is -1.47. The maximum atomic E-state index is 12.9. The summed E-state index contributed by atoms with van der Waals surface area (Å²) in [6.07, 6.45) is -0.909. The first-order valence-electron chi connectivity index (χ1n) is 9.47. The summed E-state index contributed by atoms with van der Waals surface area (Å²) in [5, 5.41) is 10.7. The Kier molecular flexibility index (Phi) is 5.97. The van der Waals surface area contributed by atoms with Crippen molar-refractivity contribution in [1.29, 1.82) is 0 Å². The highest BCUT2D eigenvalue weighted by atomic mass is 16.7. The normalized spacial score (nSPS) is 31.1. The number of ether oxygens (including phenoxy) is 3. The number of carbonyl (C=O) groups excluding carboxylic acids is 1. The molecular formula is C20H29NO5. The van der Waals surface area contributed by atoms with Crippen LogP contribution in [0, 0.1) is 5.92 Å².